The molecule has 4 aromatic rings. The van der Waals surface area contributed by atoms with E-state index in [-0.39, 0.29) is 7.43 Å². The summed E-state index contributed by atoms with van der Waals surface area (Å²) in [5, 5.41) is 0. The van der Waals surface area contributed by atoms with E-state index in [4.69, 9.17) is 7.67 Å². The number of hydrogen-bond donors (Lipinski definition) is 0. The van der Waals surface area contributed by atoms with Gasteiger partial charge < -0.3 is 0 Å². The Kier molecular flexibility index (Phi) is 9.21. The first-order valence-electron chi connectivity index (χ1n) is 7.17. The molecule has 0 radical (unpaired) electrons. The number of pyridine rings is 2. The van der Waals surface area contributed by atoms with Crippen molar-refractivity contribution in [3.63, 3.8) is 0 Å². The Labute approximate surface area is 160 Å². The molecule has 0 fully saturated rings. The minimum atomic E-state index is -1.62. The molecule has 4 heterocycles. The van der Waals surface area contributed by atoms with Crippen LogP contribution in [-0.2, 0) is 7.67 Å². The molecule has 0 aliphatic carbocycles. The Morgan fingerprint density at radius 1 is 0.852 bits per heavy atom. The summed E-state index contributed by atoms with van der Waals surface area (Å²) in [4.78, 5) is 34.7. The summed E-state index contributed by atoms with van der Waals surface area (Å²) in [5.41, 5.74) is 3.97. The number of carbonyl (C=O) groups is 1. The van der Waals surface area contributed by atoms with Gasteiger partial charge in [-0.3, -0.25) is 14.8 Å². The molecule has 0 bridgehead atoms. The molecule has 0 N–H and O–H groups in total. The number of aldehydes is 1. The number of rotatable bonds is 1. The van der Waals surface area contributed by atoms with E-state index in [2.05, 4.69) is 29.9 Å². The van der Waals surface area contributed by atoms with Crippen molar-refractivity contribution in [2.75, 3.05) is 0 Å². The SMILES string of the molecule is C.Cc1cnc2cccnc2n1.O=Cc1cnc2cccnc2n1.O=[Se]=O. The zero-order valence-electron chi connectivity index (χ0n) is 13.5. The van der Waals surface area contributed by atoms with Crippen molar-refractivity contribution >= 4 is 43.4 Å². The Morgan fingerprint density at radius 2 is 1.37 bits per heavy atom. The summed E-state index contributed by atoms with van der Waals surface area (Å²) >= 11 is -1.62. The zero-order valence-corrected chi connectivity index (χ0v) is 15.2. The first-order chi connectivity index (χ1) is 12.7. The maximum atomic E-state index is 10.3. The first kappa shape index (κ1) is 21.8. The molecule has 0 spiro atoms. The Morgan fingerprint density at radius 3 is 1.93 bits per heavy atom. The van der Waals surface area contributed by atoms with Crippen LogP contribution in [-0.4, -0.2) is 51.0 Å². The van der Waals surface area contributed by atoms with E-state index in [9.17, 15) is 4.79 Å². The molecule has 138 valence electrons. The van der Waals surface area contributed by atoms with Crippen LogP contribution in [0.3, 0.4) is 0 Å². The van der Waals surface area contributed by atoms with Crippen LogP contribution in [0, 0.1) is 6.92 Å². The van der Waals surface area contributed by atoms with Gasteiger partial charge in [-0.15, -0.1) is 0 Å². The van der Waals surface area contributed by atoms with Gasteiger partial charge >= 0.3 is 22.5 Å². The number of nitrogens with zero attached hydrogens (tertiary/aromatic N) is 6. The molecule has 0 saturated heterocycles. The van der Waals surface area contributed by atoms with Crippen LogP contribution in [0.4, 0.5) is 0 Å². The van der Waals surface area contributed by atoms with E-state index in [1.165, 1.54) is 6.20 Å². The first-order valence-corrected chi connectivity index (χ1v) is 8.57. The fourth-order valence-corrected chi connectivity index (χ4v) is 1.85. The molecule has 0 saturated carbocycles. The van der Waals surface area contributed by atoms with Gasteiger partial charge in [0.05, 0.1) is 11.9 Å². The second-order valence-corrected chi connectivity index (χ2v) is 4.97. The quantitative estimate of drug-likeness (QED) is 0.329. The van der Waals surface area contributed by atoms with Gasteiger partial charge in [0.15, 0.2) is 17.6 Å². The van der Waals surface area contributed by atoms with Crippen LogP contribution >= 0.6 is 0 Å². The van der Waals surface area contributed by atoms with Gasteiger partial charge in [0.25, 0.3) is 0 Å². The van der Waals surface area contributed by atoms with Gasteiger partial charge in [0.2, 0.25) is 0 Å². The summed E-state index contributed by atoms with van der Waals surface area (Å²) in [5.74, 6) is 0. The average molecular weight is 431 g/mol. The van der Waals surface area contributed by atoms with Gasteiger partial charge in [-0.2, -0.15) is 0 Å². The summed E-state index contributed by atoms with van der Waals surface area (Å²) in [6.07, 6.45) is 7.16. The predicted molar refractivity (Wildman–Crippen MR) is 98.6 cm³/mol. The monoisotopic (exact) mass is 432 g/mol. The third-order valence-corrected chi connectivity index (χ3v) is 2.90. The predicted octanol–water partition coefficient (Wildman–Crippen LogP) is 2.19. The van der Waals surface area contributed by atoms with E-state index in [0.717, 1.165) is 11.2 Å². The number of hydrogen-bond acceptors (Lipinski definition) is 9. The van der Waals surface area contributed by atoms with Crippen molar-refractivity contribution < 1.29 is 12.5 Å². The normalized spacial score (nSPS) is 9.07. The van der Waals surface area contributed by atoms with Crippen molar-refractivity contribution in [3.05, 3.63) is 60.4 Å². The Bertz CT molecular complexity index is 1070. The molecule has 0 amide bonds. The molecule has 10 heteroatoms. The van der Waals surface area contributed by atoms with E-state index in [1.54, 1.807) is 30.7 Å². The van der Waals surface area contributed by atoms with Crippen molar-refractivity contribution in [2.24, 2.45) is 0 Å². The number of aromatic nitrogens is 6. The third-order valence-electron chi connectivity index (χ3n) is 2.90. The molecule has 4 aromatic heterocycles. The second kappa shape index (κ2) is 11.4. The summed E-state index contributed by atoms with van der Waals surface area (Å²) < 4.78 is 16.9. The fraction of sp³-hybridized carbons (Fsp3) is 0.118. The molecule has 9 nitrogen and oxygen atoms in total. The standard InChI is InChI=1S/C8H5N3O.C8H7N3.CH4.O2Se/c12-5-6-4-10-7-2-1-3-9-8(7)11-6;1-6-5-10-7-3-2-4-9-8(7)11-6;;1-3-2/h1-5H;2-5H,1H3;1H4;. The summed E-state index contributed by atoms with van der Waals surface area (Å²) in [6.45, 7) is 1.90. The number of fused-ring (bicyclic) bond motifs is 2. The molecule has 0 aliphatic heterocycles. The van der Waals surface area contributed by atoms with Gasteiger partial charge in [-0.1, -0.05) is 7.43 Å². The molecule has 0 unspecified atom stereocenters. The van der Waals surface area contributed by atoms with E-state index < -0.39 is 14.8 Å². The van der Waals surface area contributed by atoms with Gasteiger partial charge in [-0.25, -0.2) is 19.9 Å². The van der Waals surface area contributed by atoms with Crippen molar-refractivity contribution in [1.82, 2.24) is 29.9 Å². The van der Waals surface area contributed by atoms with Crippen LogP contribution in [0.5, 0.6) is 0 Å². The molecule has 27 heavy (non-hydrogen) atoms. The third kappa shape index (κ3) is 6.53. The van der Waals surface area contributed by atoms with Crippen LogP contribution in [0.1, 0.15) is 23.6 Å². The molecular weight excluding hydrogens is 415 g/mol. The van der Waals surface area contributed by atoms with E-state index in [0.29, 0.717) is 28.8 Å². The van der Waals surface area contributed by atoms with E-state index in [1.807, 2.05) is 19.1 Å². The average Bonchev–Trinajstić information content (AvgIpc) is 2.68. The maximum absolute atomic E-state index is 10.3. The number of carbonyl (C=O) groups excluding carboxylic acids is 1. The van der Waals surface area contributed by atoms with Gasteiger partial charge in [-0.05, 0) is 31.2 Å². The van der Waals surface area contributed by atoms with Crippen LogP contribution in [0.25, 0.3) is 22.3 Å². The van der Waals surface area contributed by atoms with Crippen LogP contribution < -0.4 is 0 Å². The number of aryl methyl sites for hydroxylation is 1. The Hall–Kier alpha value is -3.23. The van der Waals surface area contributed by atoms with Gasteiger partial charge in [0.1, 0.15) is 16.7 Å². The topological polar surface area (TPSA) is 129 Å². The zero-order chi connectivity index (χ0) is 18.8. The molecule has 0 atom stereocenters. The molecular formula is C17H16N6O3Se. The van der Waals surface area contributed by atoms with Crippen molar-refractivity contribution in [3.8, 4) is 0 Å². The minimum absolute atomic E-state index is 0. The van der Waals surface area contributed by atoms with Crippen molar-refractivity contribution in [2.45, 2.75) is 14.4 Å². The van der Waals surface area contributed by atoms with E-state index >= 15 is 0 Å². The van der Waals surface area contributed by atoms with Crippen LogP contribution in [0.15, 0.2) is 49.1 Å². The summed E-state index contributed by atoms with van der Waals surface area (Å²) in [7, 11) is 0. The Balaban J connectivity index is 0.000000229. The molecule has 0 aromatic carbocycles. The van der Waals surface area contributed by atoms with Crippen molar-refractivity contribution in [1.29, 1.82) is 0 Å². The molecule has 0 aliphatic rings. The molecule has 4 rings (SSSR count). The van der Waals surface area contributed by atoms with Gasteiger partial charge in [0, 0.05) is 18.6 Å². The second-order valence-electron chi connectivity index (χ2n) is 4.68. The fourth-order valence-electron chi connectivity index (χ4n) is 1.85. The van der Waals surface area contributed by atoms with Crippen LogP contribution in [0.2, 0.25) is 0 Å². The summed E-state index contributed by atoms with van der Waals surface area (Å²) in [6, 6.07) is 7.32.